The van der Waals surface area contributed by atoms with Gasteiger partial charge in [-0.2, -0.15) is 0 Å². The van der Waals surface area contributed by atoms with Gasteiger partial charge in [-0.05, 0) is 24.3 Å². The van der Waals surface area contributed by atoms with Gasteiger partial charge in [0.1, 0.15) is 13.2 Å². The molecule has 0 N–H and O–H groups in total. The highest BCUT2D eigenvalue weighted by Gasteiger charge is 2.11. The van der Waals surface area contributed by atoms with Crippen molar-refractivity contribution in [2.45, 2.75) is 0 Å². The number of carbonyl (C=O) groups is 1. The van der Waals surface area contributed by atoms with E-state index in [2.05, 4.69) is 9.97 Å². The summed E-state index contributed by atoms with van der Waals surface area (Å²) >= 11 is 0. The van der Waals surface area contributed by atoms with Crippen LogP contribution in [-0.2, 0) is 4.74 Å². The van der Waals surface area contributed by atoms with Crippen molar-refractivity contribution >= 4 is 17.0 Å². The topological polar surface area (TPSA) is 61.3 Å². The van der Waals surface area contributed by atoms with E-state index >= 15 is 0 Å². The second kappa shape index (κ2) is 6.83. The summed E-state index contributed by atoms with van der Waals surface area (Å²) < 4.78 is 23.6. The van der Waals surface area contributed by atoms with Crippen LogP contribution in [0.15, 0.2) is 54.7 Å². The molecule has 1 heterocycles. The first-order valence-electron chi connectivity index (χ1n) is 7.00. The molecule has 3 aromatic rings. The van der Waals surface area contributed by atoms with Gasteiger partial charge in [-0.25, -0.2) is 14.2 Å². The third-order valence-electron chi connectivity index (χ3n) is 3.07. The molecule has 3 rings (SSSR count). The maximum Gasteiger partial charge on any atom is 0.358 e. The Morgan fingerprint density at radius 1 is 1.00 bits per heavy atom. The molecule has 0 amide bonds. The Bertz CT molecular complexity index is 839. The minimum Gasteiger partial charge on any atom is -0.487 e. The molecule has 5 nitrogen and oxygen atoms in total. The maximum absolute atomic E-state index is 13.3. The lowest BCUT2D eigenvalue weighted by atomic mass is 10.3. The van der Waals surface area contributed by atoms with Crippen molar-refractivity contribution in [3.63, 3.8) is 0 Å². The van der Waals surface area contributed by atoms with Crippen LogP contribution in [-0.4, -0.2) is 29.2 Å². The number of carbonyl (C=O) groups excluding carboxylic acids is 1. The molecule has 0 unspecified atom stereocenters. The second-order valence-electron chi connectivity index (χ2n) is 4.66. The Kier molecular flexibility index (Phi) is 4.42. The maximum atomic E-state index is 13.3. The molecule has 116 valence electrons. The van der Waals surface area contributed by atoms with Gasteiger partial charge in [0.15, 0.2) is 17.3 Å². The van der Waals surface area contributed by atoms with Gasteiger partial charge in [-0.15, -0.1) is 0 Å². The van der Waals surface area contributed by atoms with Gasteiger partial charge in [0.05, 0.1) is 17.2 Å². The second-order valence-corrected chi connectivity index (χ2v) is 4.66. The Balaban J connectivity index is 1.55. The van der Waals surface area contributed by atoms with Gasteiger partial charge in [-0.1, -0.05) is 24.3 Å². The van der Waals surface area contributed by atoms with Crippen molar-refractivity contribution in [2.75, 3.05) is 13.2 Å². The van der Waals surface area contributed by atoms with E-state index in [0.29, 0.717) is 11.0 Å². The van der Waals surface area contributed by atoms with E-state index in [1.165, 1.54) is 18.3 Å². The van der Waals surface area contributed by atoms with E-state index in [9.17, 15) is 9.18 Å². The Morgan fingerprint density at radius 3 is 2.57 bits per heavy atom. The molecule has 0 aliphatic rings. The quantitative estimate of drug-likeness (QED) is 0.535. The average Bonchev–Trinajstić information content (AvgIpc) is 2.59. The number of para-hydroxylation sites is 3. The van der Waals surface area contributed by atoms with Crippen molar-refractivity contribution < 1.29 is 18.7 Å². The molecule has 0 aliphatic carbocycles. The summed E-state index contributed by atoms with van der Waals surface area (Å²) in [6.45, 7) is 0.0371. The summed E-state index contributed by atoms with van der Waals surface area (Å²) in [5, 5.41) is 0. The van der Waals surface area contributed by atoms with E-state index < -0.39 is 11.8 Å². The van der Waals surface area contributed by atoms with E-state index in [1.807, 2.05) is 12.1 Å². The minimum absolute atomic E-state index is 0.0122. The number of hydrogen-bond donors (Lipinski definition) is 0. The molecule has 0 aliphatic heterocycles. The third-order valence-corrected chi connectivity index (χ3v) is 3.07. The summed E-state index contributed by atoms with van der Waals surface area (Å²) in [6, 6.07) is 13.3. The molecular formula is C17H13FN2O3. The van der Waals surface area contributed by atoms with Crippen molar-refractivity contribution in [3.8, 4) is 5.75 Å². The van der Waals surface area contributed by atoms with Gasteiger partial charge >= 0.3 is 5.97 Å². The van der Waals surface area contributed by atoms with Crippen molar-refractivity contribution in [1.29, 1.82) is 0 Å². The summed E-state index contributed by atoms with van der Waals surface area (Å²) in [4.78, 5) is 20.2. The van der Waals surface area contributed by atoms with Crippen LogP contribution in [0.1, 0.15) is 10.5 Å². The van der Waals surface area contributed by atoms with E-state index in [1.54, 1.807) is 24.3 Å². The molecule has 1 aromatic heterocycles. The van der Waals surface area contributed by atoms with Crippen LogP contribution in [0, 0.1) is 5.82 Å². The lowest BCUT2D eigenvalue weighted by molar-refractivity contribution is 0.0441. The smallest absolute Gasteiger partial charge is 0.358 e. The Hall–Kier alpha value is -3.02. The molecule has 23 heavy (non-hydrogen) atoms. The first-order chi connectivity index (χ1) is 11.2. The highest BCUT2D eigenvalue weighted by molar-refractivity contribution is 5.89. The minimum atomic E-state index is -0.597. The summed E-state index contributed by atoms with van der Waals surface area (Å²) in [5.74, 6) is -0.936. The van der Waals surface area contributed by atoms with Crippen molar-refractivity contribution in [2.24, 2.45) is 0 Å². The van der Waals surface area contributed by atoms with Crippen LogP contribution in [0.25, 0.3) is 11.0 Å². The first kappa shape index (κ1) is 14.9. The number of rotatable bonds is 5. The molecule has 0 bridgehead atoms. The van der Waals surface area contributed by atoms with Crippen molar-refractivity contribution in [3.05, 3.63) is 66.2 Å². The number of nitrogens with zero attached hydrogens (tertiary/aromatic N) is 2. The molecule has 0 spiro atoms. The fraction of sp³-hybridized carbons (Fsp3) is 0.118. The van der Waals surface area contributed by atoms with Gasteiger partial charge < -0.3 is 9.47 Å². The Morgan fingerprint density at radius 2 is 1.74 bits per heavy atom. The number of esters is 1. The highest BCUT2D eigenvalue weighted by atomic mass is 19.1. The lowest BCUT2D eigenvalue weighted by Crippen LogP contribution is -2.14. The first-order valence-corrected chi connectivity index (χ1v) is 7.00. The molecule has 0 saturated heterocycles. The third kappa shape index (κ3) is 3.60. The van der Waals surface area contributed by atoms with Crippen LogP contribution < -0.4 is 4.74 Å². The summed E-state index contributed by atoms with van der Waals surface area (Å²) in [7, 11) is 0. The van der Waals surface area contributed by atoms with Gasteiger partial charge in [0.25, 0.3) is 0 Å². The average molecular weight is 312 g/mol. The monoisotopic (exact) mass is 312 g/mol. The van der Waals surface area contributed by atoms with Crippen LogP contribution in [0.2, 0.25) is 0 Å². The normalized spacial score (nSPS) is 10.5. The highest BCUT2D eigenvalue weighted by Crippen LogP contribution is 2.15. The zero-order valence-corrected chi connectivity index (χ0v) is 12.1. The number of ether oxygens (including phenoxy) is 2. The van der Waals surface area contributed by atoms with Crippen LogP contribution in [0.4, 0.5) is 4.39 Å². The molecule has 0 fully saturated rings. The molecule has 0 atom stereocenters. The number of halogens is 1. The van der Waals surface area contributed by atoms with Gasteiger partial charge in [0, 0.05) is 0 Å². The van der Waals surface area contributed by atoms with E-state index in [0.717, 1.165) is 0 Å². The summed E-state index contributed by atoms with van der Waals surface area (Å²) in [6.07, 6.45) is 1.36. The summed E-state index contributed by atoms with van der Waals surface area (Å²) in [5.41, 5.74) is 1.44. The molecule has 2 aromatic carbocycles. The van der Waals surface area contributed by atoms with Gasteiger partial charge in [0.2, 0.25) is 0 Å². The molecular weight excluding hydrogens is 299 g/mol. The zero-order valence-electron chi connectivity index (χ0n) is 12.1. The lowest BCUT2D eigenvalue weighted by Gasteiger charge is -2.08. The molecule has 6 heteroatoms. The van der Waals surface area contributed by atoms with E-state index in [-0.39, 0.29) is 24.7 Å². The SMILES string of the molecule is O=C(OCCOc1ccccc1F)c1cnc2ccccc2n1. The predicted octanol–water partition coefficient (Wildman–Crippen LogP) is 3.00. The Labute approximate surface area is 131 Å². The standard InChI is InChI=1S/C17H13FN2O3/c18-12-5-1-4-8-16(12)22-9-10-23-17(21)15-11-19-13-6-2-3-7-14(13)20-15/h1-8,11H,9-10H2. The fourth-order valence-corrected chi connectivity index (χ4v) is 1.98. The number of aromatic nitrogens is 2. The predicted molar refractivity (Wildman–Crippen MR) is 81.7 cm³/mol. The van der Waals surface area contributed by atoms with E-state index in [4.69, 9.17) is 9.47 Å². The number of benzene rings is 2. The molecule has 0 radical (unpaired) electrons. The van der Waals surface area contributed by atoms with Gasteiger partial charge in [-0.3, -0.25) is 4.98 Å². The zero-order chi connectivity index (χ0) is 16.1. The molecule has 0 saturated carbocycles. The largest absolute Gasteiger partial charge is 0.487 e. The fourth-order valence-electron chi connectivity index (χ4n) is 1.98. The van der Waals surface area contributed by atoms with Crippen LogP contribution >= 0.6 is 0 Å². The number of fused-ring (bicyclic) bond motifs is 1. The number of hydrogen-bond acceptors (Lipinski definition) is 5. The van der Waals surface area contributed by atoms with Crippen LogP contribution in [0.5, 0.6) is 5.75 Å². The van der Waals surface area contributed by atoms with Crippen molar-refractivity contribution in [1.82, 2.24) is 9.97 Å². The van der Waals surface area contributed by atoms with Crippen LogP contribution in [0.3, 0.4) is 0 Å².